The van der Waals surface area contributed by atoms with E-state index in [1.807, 2.05) is 24.3 Å². The molecular formula is C22H31N3O6. The van der Waals surface area contributed by atoms with Crippen LogP contribution in [0.25, 0.3) is 6.08 Å². The molecule has 1 atom stereocenters. The second kappa shape index (κ2) is 12.4. The van der Waals surface area contributed by atoms with Crippen molar-refractivity contribution in [2.45, 2.75) is 58.6 Å². The predicted octanol–water partition coefficient (Wildman–Crippen LogP) is 2.92. The molecule has 0 aliphatic heterocycles. The quantitative estimate of drug-likeness (QED) is 0.419. The highest BCUT2D eigenvalue weighted by atomic mass is 16.6. The molecule has 0 spiro atoms. The third-order valence-electron chi connectivity index (χ3n) is 3.84. The van der Waals surface area contributed by atoms with Crippen LogP contribution in [0.1, 0.15) is 52.5 Å². The topological polar surface area (TPSA) is 134 Å². The van der Waals surface area contributed by atoms with Crippen molar-refractivity contribution >= 4 is 35.6 Å². The fraction of sp³-hybridized carbons (Fsp3) is 0.455. The SMILES string of the molecule is CC(NC(=O)CNC(=O)OC(C)(C)C)C(=O)Nc1ccccc1/C=C/CCCC(=O)O. The minimum absolute atomic E-state index is 0.0999. The fourth-order valence-electron chi connectivity index (χ4n) is 2.40. The number of rotatable bonds is 10. The van der Waals surface area contributed by atoms with Gasteiger partial charge in [-0.05, 0) is 52.2 Å². The van der Waals surface area contributed by atoms with E-state index in [4.69, 9.17) is 9.84 Å². The first-order chi connectivity index (χ1) is 14.5. The molecule has 9 nitrogen and oxygen atoms in total. The van der Waals surface area contributed by atoms with Crippen LogP contribution in [0.15, 0.2) is 30.3 Å². The molecular weight excluding hydrogens is 402 g/mol. The van der Waals surface area contributed by atoms with Gasteiger partial charge in [0, 0.05) is 12.1 Å². The Bertz CT molecular complexity index is 814. The molecule has 1 unspecified atom stereocenters. The number of nitrogens with one attached hydrogen (secondary N) is 3. The molecule has 0 radical (unpaired) electrons. The summed E-state index contributed by atoms with van der Waals surface area (Å²) >= 11 is 0. The Hall–Kier alpha value is -3.36. The Balaban J connectivity index is 2.55. The number of unbranched alkanes of at least 4 members (excludes halogenated alkanes) is 1. The number of aliphatic carboxylic acids is 1. The molecule has 0 fully saturated rings. The van der Waals surface area contributed by atoms with Gasteiger partial charge in [-0.15, -0.1) is 0 Å². The van der Waals surface area contributed by atoms with Gasteiger partial charge < -0.3 is 25.8 Å². The molecule has 0 bridgehead atoms. The van der Waals surface area contributed by atoms with Gasteiger partial charge in [0.25, 0.3) is 0 Å². The smallest absolute Gasteiger partial charge is 0.408 e. The van der Waals surface area contributed by atoms with Crippen LogP contribution in [0, 0.1) is 0 Å². The van der Waals surface area contributed by atoms with Crippen molar-refractivity contribution in [1.29, 1.82) is 0 Å². The molecule has 0 aliphatic carbocycles. The number of hydrogen-bond acceptors (Lipinski definition) is 5. The number of ether oxygens (including phenoxy) is 1. The number of amides is 3. The molecule has 1 aromatic rings. The van der Waals surface area contributed by atoms with Crippen LogP contribution in [-0.4, -0.2) is 47.2 Å². The average Bonchev–Trinajstić information content (AvgIpc) is 2.65. The lowest BCUT2D eigenvalue weighted by Crippen LogP contribution is -2.46. The first-order valence-electron chi connectivity index (χ1n) is 10.0. The summed E-state index contributed by atoms with van der Waals surface area (Å²) in [6.45, 7) is 6.35. The van der Waals surface area contributed by atoms with Crippen LogP contribution in [0.5, 0.6) is 0 Å². The normalized spacial score (nSPS) is 12.1. The summed E-state index contributed by atoms with van der Waals surface area (Å²) in [6, 6.07) is 6.30. The number of alkyl carbamates (subject to hydrolysis) is 1. The lowest BCUT2D eigenvalue weighted by Gasteiger charge is -2.20. The second-order valence-corrected chi connectivity index (χ2v) is 7.91. The lowest BCUT2D eigenvalue weighted by molar-refractivity contribution is -0.137. The Morgan fingerprint density at radius 3 is 2.48 bits per heavy atom. The molecule has 4 N–H and O–H groups in total. The Morgan fingerprint density at radius 2 is 1.84 bits per heavy atom. The summed E-state index contributed by atoms with van der Waals surface area (Å²) in [4.78, 5) is 46.6. The molecule has 0 aliphatic rings. The zero-order valence-electron chi connectivity index (χ0n) is 18.4. The standard InChI is InChI=1S/C22H31N3O6/c1-15(24-18(26)14-23-21(30)31-22(2,3)4)20(29)25-17-12-9-8-11-16(17)10-6-5-7-13-19(27)28/h6,8-12,15H,5,7,13-14H2,1-4H3,(H,23,30)(H,24,26)(H,25,29)(H,27,28)/b10-6+. The van der Waals surface area contributed by atoms with Gasteiger partial charge in [0.15, 0.2) is 0 Å². The summed E-state index contributed by atoms with van der Waals surface area (Å²) in [5.74, 6) is -1.78. The van der Waals surface area contributed by atoms with Gasteiger partial charge in [-0.2, -0.15) is 0 Å². The third-order valence-corrected chi connectivity index (χ3v) is 3.84. The number of carbonyl (C=O) groups excluding carboxylic acids is 3. The maximum Gasteiger partial charge on any atom is 0.408 e. The summed E-state index contributed by atoms with van der Waals surface area (Å²) in [7, 11) is 0. The molecule has 3 amide bonds. The van der Waals surface area contributed by atoms with Crippen LogP contribution < -0.4 is 16.0 Å². The van der Waals surface area contributed by atoms with Crippen molar-refractivity contribution in [1.82, 2.24) is 10.6 Å². The van der Waals surface area contributed by atoms with E-state index in [0.717, 1.165) is 5.56 Å². The maximum absolute atomic E-state index is 12.4. The van der Waals surface area contributed by atoms with Gasteiger partial charge >= 0.3 is 12.1 Å². The van der Waals surface area contributed by atoms with Crippen molar-refractivity contribution in [3.05, 3.63) is 35.9 Å². The number of anilines is 1. The summed E-state index contributed by atoms with van der Waals surface area (Å²) in [6.07, 6.45) is 4.17. The molecule has 31 heavy (non-hydrogen) atoms. The number of carbonyl (C=O) groups is 4. The van der Waals surface area contributed by atoms with E-state index in [2.05, 4.69) is 16.0 Å². The highest BCUT2D eigenvalue weighted by Gasteiger charge is 2.19. The minimum Gasteiger partial charge on any atom is -0.481 e. The fourth-order valence-corrected chi connectivity index (χ4v) is 2.40. The highest BCUT2D eigenvalue weighted by Crippen LogP contribution is 2.17. The number of para-hydroxylation sites is 1. The van der Waals surface area contributed by atoms with Crippen LogP contribution >= 0.6 is 0 Å². The number of benzene rings is 1. The van der Waals surface area contributed by atoms with E-state index < -0.39 is 35.5 Å². The molecule has 1 aromatic carbocycles. The minimum atomic E-state index is -0.835. The van der Waals surface area contributed by atoms with Gasteiger partial charge in [-0.3, -0.25) is 14.4 Å². The molecule has 1 rings (SSSR count). The van der Waals surface area contributed by atoms with Gasteiger partial charge in [0.05, 0.1) is 0 Å². The van der Waals surface area contributed by atoms with E-state index in [0.29, 0.717) is 18.5 Å². The zero-order chi connectivity index (χ0) is 23.4. The van der Waals surface area contributed by atoms with Gasteiger partial charge in [0.2, 0.25) is 11.8 Å². The molecule has 0 heterocycles. The highest BCUT2D eigenvalue weighted by molar-refractivity contribution is 5.98. The van der Waals surface area contributed by atoms with E-state index in [1.165, 1.54) is 6.92 Å². The van der Waals surface area contributed by atoms with Crippen LogP contribution in [0.2, 0.25) is 0 Å². The van der Waals surface area contributed by atoms with Crippen molar-refractivity contribution < 1.29 is 29.0 Å². The Morgan fingerprint density at radius 1 is 1.16 bits per heavy atom. The maximum atomic E-state index is 12.4. The molecule has 170 valence electrons. The number of hydrogen-bond donors (Lipinski definition) is 4. The van der Waals surface area contributed by atoms with Crippen molar-refractivity contribution in [2.24, 2.45) is 0 Å². The number of carboxylic acids is 1. The molecule has 0 saturated heterocycles. The van der Waals surface area contributed by atoms with E-state index in [1.54, 1.807) is 32.9 Å². The van der Waals surface area contributed by atoms with Crippen LogP contribution in [0.4, 0.5) is 10.5 Å². The second-order valence-electron chi connectivity index (χ2n) is 7.91. The molecule has 0 aromatic heterocycles. The Kier molecular flexibility index (Phi) is 10.2. The largest absolute Gasteiger partial charge is 0.481 e. The molecule has 0 saturated carbocycles. The van der Waals surface area contributed by atoms with Gasteiger partial charge in [-0.1, -0.05) is 30.4 Å². The Labute approximate surface area is 182 Å². The summed E-state index contributed by atoms with van der Waals surface area (Å²) in [5, 5.41) is 16.3. The predicted molar refractivity (Wildman–Crippen MR) is 117 cm³/mol. The van der Waals surface area contributed by atoms with E-state index in [-0.39, 0.29) is 13.0 Å². The molecule has 9 heteroatoms. The summed E-state index contributed by atoms with van der Waals surface area (Å²) in [5.41, 5.74) is 0.650. The average molecular weight is 434 g/mol. The zero-order valence-corrected chi connectivity index (χ0v) is 18.4. The number of allylic oxidation sites excluding steroid dienone is 1. The van der Waals surface area contributed by atoms with Crippen molar-refractivity contribution in [3.63, 3.8) is 0 Å². The summed E-state index contributed by atoms with van der Waals surface area (Å²) < 4.78 is 5.05. The van der Waals surface area contributed by atoms with Crippen LogP contribution in [-0.2, 0) is 19.1 Å². The lowest BCUT2D eigenvalue weighted by atomic mass is 10.1. The number of carboxylic acid groups (broad SMARTS) is 1. The van der Waals surface area contributed by atoms with Gasteiger partial charge in [-0.25, -0.2) is 4.79 Å². The van der Waals surface area contributed by atoms with Crippen molar-refractivity contribution in [3.8, 4) is 0 Å². The van der Waals surface area contributed by atoms with Crippen molar-refractivity contribution in [2.75, 3.05) is 11.9 Å². The van der Waals surface area contributed by atoms with E-state index >= 15 is 0 Å². The first kappa shape index (κ1) is 25.7. The van der Waals surface area contributed by atoms with E-state index in [9.17, 15) is 19.2 Å². The monoisotopic (exact) mass is 433 g/mol. The third kappa shape index (κ3) is 11.4. The first-order valence-corrected chi connectivity index (χ1v) is 10.0. The van der Waals surface area contributed by atoms with Crippen LogP contribution in [0.3, 0.4) is 0 Å². The van der Waals surface area contributed by atoms with Gasteiger partial charge in [0.1, 0.15) is 18.2 Å².